The number of rotatable bonds is 6. The maximum atomic E-state index is 13.9. The molecule has 0 fully saturated rings. The van der Waals surface area contributed by atoms with Gasteiger partial charge in [0.2, 0.25) is 0 Å². The minimum absolute atomic E-state index is 0.218. The largest absolute Gasteiger partial charge is 0.497 e. The Morgan fingerprint density at radius 2 is 1.81 bits per heavy atom. The number of thiazole rings is 1. The molecule has 37 heavy (non-hydrogen) atoms. The van der Waals surface area contributed by atoms with Crippen molar-refractivity contribution in [2.75, 3.05) is 20.8 Å². The van der Waals surface area contributed by atoms with E-state index in [1.54, 1.807) is 32.6 Å². The Labute approximate surface area is 217 Å². The Morgan fingerprint density at radius 1 is 1.05 bits per heavy atom. The van der Waals surface area contributed by atoms with Gasteiger partial charge in [-0.1, -0.05) is 53.8 Å². The fourth-order valence-electron chi connectivity index (χ4n) is 4.63. The number of fused-ring (bicyclic) bond motifs is 2. The Morgan fingerprint density at radius 3 is 2.51 bits per heavy atom. The average Bonchev–Trinajstić information content (AvgIpc) is 3.22. The van der Waals surface area contributed by atoms with Gasteiger partial charge in [0, 0.05) is 5.56 Å². The molecule has 4 aromatic rings. The van der Waals surface area contributed by atoms with E-state index in [-0.39, 0.29) is 12.2 Å². The fraction of sp³-hybridized carbons (Fsp3) is 0.207. The second-order valence-corrected chi connectivity index (χ2v) is 9.49. The van der Waals surface area contributed by atoms with E-state index in [0.29, 0.717) is 32.1 Å². The molecule has 0 bridgehead atoms. The Kier molecular flexibility index (Phi) is 6.67. The number of esters is 1. The van der Waals surface area contributed by atoms with Crippen LogP contribution in [-0.2, 0) is 9.53 Å². The van der Waals surface area contributed by atoms with E-state index < -0.39 is 12.0 Å². The normalized spacial score (nSPS) is 15.4. The lowest BCUT2D eigenvalue weighted by Gasteiger charge is -2.24. The third-order valence-electron chi connectivity index (χ3n) is 6.37. The van der Waals surface area contributed by atoms with Gasteiger partial charge in [0.1, 0.15) is 11.5 Å². The van der Waals surface area contributed by atoms with Gasteiger partial charge in [0.15, 0.2) is 4.80 Å². The highest BCUT2D eigenvalue weighted by Crippen LogP contribution is 2.32. The summed E-state index contributed by atoms with van der Waals surface area (Å²) in [6.07, 6.45) is 1.85. The Balaban J connectivity index is 1.77. The molecule has 1 aliphatic heterocycles. The van der Waals surface area contributed by atoms with E-state index in [1.807, 2.05) is 66.7 Å². The number of carbonyl (C=O) groups is 1. The van der Waals surface area contributed by atoms with Crippen LogP contribution in [0.3, 0.4) is 0 Å². The molecule has 2 heterocycles. The zero-order valence-corrected chi connectivity index (χ0v) is 21.8. The molecule has 188 valence electrons. The van der Waals surface area contributed by atoms with Crippen LogP contribution < -0.4 is 24.4 Å². The van der Waals surface area contributed by atoms with Crippen LogP contribution in [0.1, 0.15) is 31.0 Å². The SMILES string of the molecule is CCOC(=O)C1=C(C)N=c2sc(=Cc3c(OC)ccc4ccccc34)c(=O)n2C1c1ccc(OC)cc1. The van der Waals surface area contributed by atoms with Crippen LogP contribution >= 0.6 is 11.3 Å². The number of hydrogen-bond donors (Lipinski definition) is 0. The van der Waals surface area contributed by atoms with Crippen molar-refractivity contribution >= 4 is 34.2 Å². The third kappa shape index (κ3) is 4.34. The summed E-state index contributed by atoms with van der Waals surface area (Å²) in [6.45, 7) is 3.74. The number of nitrogens with zero attached hydrogens (tertiary/aromatic N) is 2. The van der Waals surface area contributed by atoms with E-state index in [4.69, 9.17) is 14.2 Å². The number of methoxy groups -OCH3 is 2. The van der Waals surface area contributed by atoms with Crippen LogP contribution in [0, 0.1) is 0 Å². The molecule has 8 heteroatoms. The molecule has 7 nitrogen and oxygen atoms in total. The molecule has 0 radical (unpaired) electrons. The summed E-state index contributed by atoms with van der Waals surface area (Å²) >= 11 is 1.28. The second-order valence-electron chi connectivity index (χ2n) is 8.48. The van der Waals surface area contributed by atoms with Crippen LogP contribution in [0.15, 0.2) is 81.7 Å². The lowest BCUT2D eigenvalue weighted by atomic mass is 9.96. The first kappa shape index (κ1) is 24.5. The first-order valence-electron chi connectivity index (χ1n) is 11.9. The zero-order valence-electron chi connectivity index (χ0n) is 21.0. The van der Waals surface area contributed by atoms with Gasteiger partial charge in [-0.2, -0.15) is 0 Å². The predicted molar refractivity (Wildman–Crippen MR) is 144 cm³/mol. The van der Waals surface area contributed by atoms with Crippen LogP contribution in [0.5, 0.6) is 11.5 Å². The molecule has 0 spiro atoms. The molecule has 1 atom stereocenters. The van der Waals surface area contributed by atoms with Crippen molar-refractivity contribution in [3.63, 3.8) is 0 Å². The first-order valence-corrected chi connectivity index (χ1v) is 12.7. The van der Waals surface area contributed by atoms with Crippen molar-refractivity contribution in [2.24, 2.45) is 4.99 Å². The van der Waals surface area contributed by atoms with Gasteiger partial charge in [-0.05, 0) is 54.5 Å². The number of ether oxygens (including phenoxy) is 3. The monoisotopic (exact) mass is 514 g/mol. The van der Waals surface area contributed by atoms with Gasteiger partial charge in [-0.25, -0.2) is 9.79 Å². The van der Waals surface area contributed by atoms with E-state index in [9.17, 15) is 9.59 Å². The maximum Gasteiger partial charge on any atom is 0.338 e. The van der Waals surface area contributed by atoms with E-state index in [1.165, 1.54) is 11.3 Å². The molecule has 0 saturated heterocycles. The van der Waals surface area contributed by atoms with Crippen LogP contribution in [0.25, 0.3) is 16.8 Å². The minimum Gasteiger partial charge on any atom is -0.497 e. The topological polar surface area (TPSA) is 79.1 Å². The average molecular weight is 515 g/mol. The number of carbonyl (C=O) groups excluding carboxylic acids is 1. The van der Waals surface area contributed by atoms with Crippen molar-refractivity contribution in [2.45, 2.75) is 19.9 Å². The summed E-state index contributed by atoms with van der Waals surface area (Å²) in [6, 6.07) is 18.5. The Bertz CT molecular complexity index is 1710. The lowest BCUT2D eigenvalue weighted by molar-refractivity contribution is -0.139. The highest BCUT2D eigenvalue weighted by molar-refractivity contribution is 7.07. The van der Waals surface area contributed by atoms with Gasteiger partial charge >= 0.3 is 5.97 Å². The highest BCUT2D eigenvalue weighted by atomic mass is 32.1. The first-order chi connectivity index (χ1) is 18.0. The molecule has 0 aliphatic carbocycles. The van der Waals surface area contributed by atoms with Crippen molar-refractivity contribution in [3.8, 4) is 11.5 Å². The lowest BCUT2D eigenvalue weighted by Crippen LogP contribution is -2.39. The summed E-state index contributed by atoms with van der Waals surface area (Å²) in [4.78, 5) is 32.2. The summed E-state index contributed by atoms with van der Waals surface area (Å²) in [5, 5.41) is 2.02. The Hall–Kier alpha value is -4.17. The second kappa shape index (κ2) is 10.1. The molecule has 1 aromatic heterocycles. The smallest absolute Gasteiger partial charge is 0.338 e. The third-order valence-corrected chi connectivity index (χ3v) is 7.36. The van der Waals surface area contributed by atoms with Gasteiger partial charge in [-0.3, -0.25) is 9.36 Å². The molecular weight excluding hydrogens is 488 g/mol. The summed E-state index contributed by atoms with van der Waals surface area (Å²) in [5.41, 5.74) is 2.19. The standard InChI is InChI=1S/C29H26N2O5S/c1-5-36-28(33)25-17(2)30-29-31(26(25)19-10-13-20(34-3)14-11-19)27(32)24(37-29)16-22-21-9-7-6-8-18(21)12-15-23(22)35-4/h6-16,26H,5H2,1-4H3. The maximum absolute atomic E-state index is 13.9. The predicted octanol–water partition coefficient (Wildman–Crippen LogP) is 3.97. The molecule has 5 rings (SSSR count). The van der Waals surface area contributed by atoms with Crippen LogP contribution in [0.4, 0.5) is 0 Å². The minimum atomic E-state index is -0.683. The van der Waals surface area contributed by atoms with Crippen LogP contribution in [0.2, 0.25) is 0 Å². The van der Waals surface area contributed by atoms with Gasteiger partial charge in [-0.15, -0.1) is 0 Å². The molecule has 1 unspecified atom stereocenters. The molecule has 0 N–H and O–H groups in total. The summed E-state index contributed by atoms with van der Waals surface area (Å²) in [5.74, 6) is 0.854. The fourth-order valence-corrected chi connectivity index (χ4v) is 5.66. The molecule has 3 aromatic carbocycles. The quantitative estimate of drug-likeness (QED) is 0.364. The highest BCUT2D eigenvalue weighted by Gasteiger charge is 2.33. The summed E-state index contributed by atoms with van der Waals surface area (Å²) in [7, 11) is 3.20. The van der Waals surface area contributed by atoms with Crippen LogP contribution in [-0.4, -0.2) is 31.4 Å². The molecule has 0 amide bonds. The van der Waals surface area contributed by atoms with Gasteiger partial charge in [0.05, 0.1) is 42.7 Å². The van der Waals surface area contributed by atoms with Crippen molar-refractivity contribution < 1.29 is 19.0 Å². The zero-order chi connectivity index (χ0) is 26.1. The number of aromatic nitrogens is 1. The number of hydrogen-bond acceptors (Lipinski definition) is 7. The number of allylic oxidation sites excluding steroid dienone is 1. The molecule has 1 aliphatic rings. The van der Waals surface area contributed by atoms with E-state index in [0.717, 1.165) is 21.9 Å². The molecular formula is C29H26N2O5S. The van der Waals surface area contributed by atoms with E-state index in [2.05, 4.69) is 4.99 Å². The summed E-state index contributed by atoms with van der Waals surface area (Å²) < 4.78 is 18.4. The van der Waals surface area contributed by atoms with Crippen molar-refractivity contribution in [1.82, 2.24) is 4.57 Å². The van der Waals surface area contributed by atoms with Crippen molar-refractivity contribution in [3.05, 3.63) is 103 Å². The van der Waals surface area contributed by atoms with Gasteiger partial charge < -0.3 is 14.2 Å². The molecule has 0 saturated carbocycles. The van der Waals surface area contributed by atoms with Gasteiger partial charge in [0.25, 0.3) is 5.56 Å². The number of benzene rings is 3. The van der Waals surface area contributed by atoms with E-state index >= 15 is 0 Å². The van der Waals surface area contributed by atoms with Crippen molar-refractivity contribution in [1.29, 1.82) is 0 Å².